The summed E-state index contributed by atoms with van der Waals surface area (Å²) in [5, 5.41) is 0. The first kappa shape index (κ1) is 12.3. The predicted octanol–water partition coefficient (Wildman–Crippen LogP) is 2.77. The van der Waals surface area contributed by atoms with Crippen molar-refractivity contribution in [3.8, 4) is 5.75 Å². The molecule has 2 aromatic rings. The Morgan fingerprint density at radius 2 is 2.00 bits per heavy atom. The van der Waals surface area contributed by atoms with E-state index in [0.717, 1.165) is 14.9 Å². The van der Waals surface area contributed by atoms with Crippen molar-refractivity contribution in [3.05, 3.63) is 57.9 Å². The highest BCUT2D eigenvalue weighted by Crippen LogP contribution is 2.22. The number of ether oxygens (including phenoxy) is 1. The average molecular weight is 340 g/mol. The van der Waals surface area contributed by atoms with Crippen LogP contribution in [0.4, 0.5) is 0 Å². The molecule has 0 amide bonds. The largest absolute Gasteiger partial charge is 0.484 e. The van der Waals surface area contributed by atoms with Crippen molar-refractivity contribution < 1.29 is 4.74 Å². The summed E-state index contributed by atoms with van der Waals surface area (Å²) < 4.78 is 7.02. The lowest BCUT2D eigenvalue weighted by atomic mass is 10.1. The molecule has 1 heterocycles. The molecular weight excluding hydrogens is 327 g/mol. The highest BCUT2D eigenvalue weighted by molar-refractivity contribution is 14.1. The minimum atomic E-state index is -0.129. The van der Waals surface area contributed by atoms with Gasteiger partial charge in [0.2, 0.25) is 0 Å². The first-order valence-corrected chi connectivity index (χ1v) is 6.39. The third kappa shape index (κ3) is 3.41. The molecule has 1 atom stereocenters. The highest BCUT2D eigenvalue weighted by Gasteiger charge is 2.11. The number of nitrogens with two attached hydrogens (primary N) is 1. The smallest absolute Gasteiger partial charge is 0.136 e. The first-order chi connectivity index (χ1) is 8.29. The monoisotopic (exact) mass is 340 g/mol. The molecule has 1 unspecified atom stereocenters. The van der Waals surface area contributed by atoms with Gasteiger partial charge in [0.25, 0.3) is 0 Å². The molecule has 0 aliphatic heterocycles. The van der Waals surface area contributed by atoms with Crippen molar-refractivity contribution in [1.29, 1.82) is 0 Å². The van der Waals surface area contributed by atoms with Crippen LogP contribution in [0.1, 0.15) is 11.7 Å². The van der Waals surface area contributed by atoms with Crippen LogP contribution in [0.15, 0.2) is 48.8 Å². The van der Waals surface area contributed by atoms with Crippen molar-refractivity contribution in [2.75, 3.05) is 6.54 Å². The topological polar surface area (TPSA) is 48.1 Å². The van der Waals surface area contributed by atoms with Gasteiger partial charge in [-0.3, -0.25) is 4.98 Å². The molecule has 3 nitrogen and oxygen atoms in total. The van der Waals surface area contributed by atoms with Crippen LogP contribution in [-0.2, 0) is 0 Å². The molecule has 1 aromatic heterocycles. The molecule has 0 bridgehead atoms. The first-order valence-electron chi connectivity index (χ1n) is 5.32. The van der Waals surface area contributed by atoms with Gasteiger partial charge in [-0.15, -0.1) is 0 Å². The van der Waals surface area contributed by atoms with Crippen LogP contribution < -0.4 is 10.5 Å². The Hall–Kier alpha value is -1.14. The van der Waals surface area contributed by atoms with Crippen LogP contribution in [0.25, 0.3) is 0 Å². The van der Waals surface area contributed by atoms with Gasteiger partial charge in [-0.05, 0) is 58.5 Å². The van der Waals surface area contributed by atoms with Gasteiger partial charge in [-0.2, -0.15) is 0 Å². The van der Waals surface area contributed by atoms with Crippen LogP contribution >= 0.6 is 22.6 Å². The molecule has 0 saturated carbocycles. The van der Waals surface area contributed by atoms with E-state index in [4.69, 9.17) is 10.5 Å². The van der Waals surface area contributed by atoms with Gasteiger partial charge in [0.05, 0.1) is 0 Å². The van der Waals surface area contributed by atoms with E-state index >= 15 is 0 Å². The summed E-state index contributed by atoms with van der Waals surface area (Å²) in [4.78, 5) is 3.99. The Morgan fingerprint density at radius 1 is 1.24 bits per heavy atom. The predicted molar refractivity (Wildman–Crippen MR) is 75.8 cm³/mol. The van der Waals surface area contributed by atoms with Crippen molar-refractivity contribution >= 4 is 22.6 Å². The normalized spacial score (nSPS) is 12.1. The maximum atomic E-state index is 5.87. The molecule has 0 fully saturated rings. The number of benzene rings is 1. The van der Waals surface area contributed by atoms with E-state index in [2.05, 4.69) is 27.6 Å². The minimum Gasteiger partial charge on any atom is -0.484 e. The molecule has 17 heavy (non-hydrogen) atoms. The maximum absolute atomic E-state index is 5.87. The zero-order valence-electron chi connectivity index (χ0n) is 9.21. The lowest BCUT2D eigenvalue weighted by Gasteiger charge is -2.17. The van der Waals surface area contributed by atoms with Gasteiger partial charge in [-0.25, -0.2) is 0 Å². The molecule has 4 heteroatoms. The van der Waals surface area contributed by atoms with Crippen molar-refractivity contribution in [3.63, 3.8) is 0 Å². The summed E-state index contributed by atoms with van der Waals surface area (Å²) in [5.74, 6) is 0.837. The third-order valence-electron chi connectivity index (χ3n) is 2.37. The minimum absolute atomic E-state index is 0.129. The molecular formula is C13H13IN2O. The van der Waals surface area contributed by atoms with Crippen LogP contribution in [0.2, 0.25) is 0 Å². The van der Waals surface area contributed by atoms with E-state index in [1.54, 1.807) is 12.4 Å². The van der Waals surface area contributed by atoms with E-state index in [-0.39, 0.29) is 6.10 Å². The van der Waals surface area contributed by atoms with E-state index in [0.29, 0.717) is 6.54 Å². The molecule has 0 aliphatic carbocycles. The highest BCUT2D eigenvalue weighted by atomic mass is 127. The number of rotatable bonds is 4. The molecule has 2 N–H and O–H groups in total. The standard InChI is InChI=1S/C13H13IN2O/c14-11-2-1-3-12(8-11)17-13(9-15)10-4-6-16-7-5-10/h1-8,13H,9,15H2. The summed E-state index contributed by atoms with van der Waals surface area (Å²) in [6, 6.07) is 11.8. The molecule has 0 aliphatic rings. The summed E-state index contributed by atoms with van der Waals surface area (Å²) in [6.07, 6.45) is 3.36. The quantitative estimate of drug-likeness (QED) is 0.871. The molecule has 88 valence electrons. The van der Waals surface area contributed by atoms with Crippen molar-refractivity contribution in [2.24, 2.45) is 5.73 Å². The van der Waals surface area contributed by atoms with Crippen LogP contribution in [0.5, 0.6) is 5.75 Å². The molecule has 2 rings (SSSR count). The Labute approximate surface area is 114 Å². The molecule has 0 saturated heterocycles. The SMILES string of the molecule is NCC(Oc1cccc(I)c1)c1ccncc1. The van der Waals surface area contributed by atoms with Crippen molar-refractivity contribution in [2.45, 2.75) is 6.10 Å². The van der Waals surface area contributed by atoms with E-state index in [9.17, 15) is 0 Å². The number of aromatic nitrogens is 1. The Morgan fingerprint density at radius 3 is 2.65 bits per heavy atom. The Balaban J connectivity index is 2.16. The number of halogens is 1. The Bertz CT molecular complexity index is 476. The van der Waals surface area contributed by atoms with Gasteiger partial charge in [0, 0.05) is 22.5 Å². The number of nitrogens with zero attached hydrogens (tertiary/aromatic N) is 1. The van der Waals surface area contributed by atoms with Gasteiger partial charge in [0.15, 0.2) is 0 Å². The molecule has 0 spiro atoms. The molecule has 0 radical (unpaired) electrons. The average Bonchev–Trinajstić information content (AvgIpc) is 2.37. The van der Waals surface area contributed by atoms with Crippen molar-refractivity contribution in [1.82, 2.24) is 4.98 Å². The summed E-state index contributed by atoms with van der Waals surface area (Å²) in [7, 11) is 0. The van der Waals surface area contributed by atoms with Gasteiger partial charge < -0.3 is 10.5 Å². The van der Waals surface area contributed by atoms with Crippen LogP contribution in [-0.4, -0.2) is 11.5 Å². The van der Waals surface area contributed by atoms with E-state index < -0.39 is 0 Å². The maximum Gasteiger partial charge on any atom is 0.136 e. The zero-order valence-corrected chi connectivity index (χ0v) is 11.4. The number of hydrogen-bond acceptors (Lipinski definition) is 3. The van der Waals surface area contributed by atoms with Crippen LogP contribution in [0, 0.1) is 3.57 Å². The van der Waals surface area contributed by atoms with Gasteiger partial charge >= 0.3 is 0 Å². The van der Waals surface area contributed by atoms with Gasteiger partial charge in [-0.1, -0.05) is 6.07 Å². The summed E-state index contributed by atoms with van der Waals surface area (Å²) in [5.41, 5.74) is 6.79. The second kappa shape index (κ2) is 5.97. The zero-order chi connectivity index (χ0) is 12.1. The summed E-state index contributed by atoms with van der Waals surface area (Å²) in [6.45, 7) is 0.440. The van der Waals surface area contributed by atoms with Crippen LogP contribution in [0.3, 0.4) is 0 Å². The second-order valence-electron chi connectivity index (χ2n) is 3.58. The number of pyridine rings is 1. The fraction of sp³-hybridized carbons (Fsp3) is 0.154. The lowest BCUT2D eigenvalue weighted by Crippen LogP contribution is -2.18. The fourth-order valence-electron chi connectivity index (χ4n) is 1.53. The van der Waals surface area contributed by atoms with E-state index in [1.807, 2.05) is 36.4 Å². The lowest BCUT2D eigenvalue weighted by molar-refractivity contribution is 0.214. The van der Waals surface area contributed by atoms with E-state index in [1.165, 1.54) is 0 Å². The molecule has 1 aromatic carbocycles. The summed E-state index contributed by atoms with van der Waals surface area (Å²) >= 11 is 2.26. The van der Waals surface area contributed by atoms with Gasteiger partial charge in [0.1, 0.15) is 11.9 Å². The second-order valence-corrected chi connectivity index (χ2v) is 4.83. The fourth-order valence-corrected chi connectivity index (χ4v) is 2.05. The Kier molecular flexibility index (Phi) is 4.33. The number of hydrogen-bond donors (Lipinski definition) is 1. The third-order valence-corrected chi connectivity index (χ3v) is 3.04.